The fourth-order valence-corrected chi connectivity index (χ4v) is 4.74. The number of piperazine rings is 1. The third-order valence-electron chi connectivity index (χ3n) is 6.89. The number of hydrogen-bond donors (Lipinski definition) is 0. The number of aromatic nitrogens is 2. The Hall–Kier alpha value is -3.81. The number of hydrogen-bond acceptors (Lipinski definition) is 7. The first kappa shape index (κ1) is 28.2. The quantitative estimate of drug-likeness (QED) is 0.516. The lowest BCUT2D eigenvalue weighted by atomic mass is 10.0. The fourth-order valence-electron chi connectivity index (χ4n) is 4.74. The van der Waals surface area contributed by atoms with Crippen LogP contribution in [-0.2, 0) is 20.7 Å². The van der Waals surface area contributed by atoms with Gasteiger partial charge in [-0.2, -0.15) is 13.2 Å². The first-order valence-electron chi connectivity index (χ1n) is 12.1. The summed E-state index contributed by atoms with van der Waals surface area (Å²) < 4.78 is 58.0. The molecule has 2 saturated heterocycles. The van der Waals surface area contributed by atoms with Gasteiger partial charge in [0, 0.05) is 31.2 Å². The predicted molar refractivity (Wildman–Crippen MR) is 126 cm³/mol. The third-order valence-corrected chi connectivity index (χ3v) is 6.89. The van der Waals surface area contributed by atoms with Crippen molar-refractivity contribution in [1.29, 1.82) is 0 Å². The van der Waals surface area contributed by atoms with Crippen molar-refractivity contribution in [3.8, 4) is 0 Å². The SMILES string of the molecule is Cc1c(Cc2ccc(F)c(C(=O)N3CC(=O)N(C4CCOC4)C(C)C3)c2)nn(OC(=O)C(F)(F)F)c(=O)c1C. The summed E-state index contributed by atoms with van der Waals surface area (Å²) in [6, 6.07) is 3.30. The molecule has 0 aliphatic carbocycles. The number of rotatable bonds is 5. The Morgan fingerprint density at radius 2 is 1.90 bits per heavy atom. The summed E-state index contributed by atoms with van der Waals surface area (Å²) in [7, 11) is 0. The molecule has 0 spiro atoms. The van der Waals surface area contributed by atoms with Crippen molar-refractivity contribution < 1.29 is 41.5 Å². The molecule has 39 heavy (non-hydrogen) atoms. The zero-order valence-electron chi connectivity index (χ0n) is 21.4. The summed E-state index contributed by atoms with van der Waals surface area (Å²) in [5.41, 5.74) is -0.608. The largest absolute Gasteiger partial charge is 0.493 e. The molecule has 0 saturated carbocycles. The van der Waals surface area contributed by atoms with Crippen molar-refractivity contribution in [1.82, 2.24) is 19.7 Å². The fraction of sp³-hybridized carbons (Fsp3) is 0.480. The second kappa shape index (κ2) is 10.8. The van der Waals surface area contributed by atoms with Crippen molar-refractivity contribution in [3.05, 3.63) is 62.3 Å². The van der Waals surface area contributed by atoms with E-state index in [9.17, 15) is 36.7 Å². The van der Waals surface area contributed by atoms with Gasteiger partial charge in [-0.1, -0.05) is 6.07 Å². The molecule has 2 aliphatic rings. The summed E-state index contributed by atoms with van der Waals surface area (Å²) in [5.74, 6) is -4.40. The first-order chi connectivity index (χ1) is 18.3. The van der Waals surface area contributed by atoms with E-state index in [1.54, 1.807) is 11.8 Å². The number of carbonyl (C=O) groups is 3. The highest BCUT2D eigenvalue weighted by atomic mass is 19.4. The van der Waals surface area contributed by atoms with E-state index >= 15 is 0 Å². The molecule has 10 nitrogen and oxygen atoms in total. The first-order valence-corrected chi connectivity index (χ1v) is 12.1. The van der Waals surface area contributed by atoms with E-state index < -0.39 is 29.4 Å². The van der Waals surface area contributed by atoms with Gasteiger partial charge in [-0.3, -0.25) is 14.4 Å². The third kappa shape index (κ3) is 5.79. The molecule has 4 rings (SSSR count). The van der Waals surface area contributed by atoms with Gasteiger partial charge >= 0.3 is 17.7 Å². The van der Waals surface area contributed by atoms with Crippen molar-refractivity contribution in [2.75, 3.05) is 26.3 Å². The van der Waals surface area contributed by atoms with Gasteiger partial charge in [-0.05, 0) is 55.3 Å². The Morgan fingerprint density at radius 1 is 1.18 bits per heavy atom. The molecule has 14 heteroatoms. The van der Waals surface area contributed by atoms with Crippen molar-refractivity contribution in [3.63, 3.8) is 0 Å². The van der Waals surface area contributed by atoms with Crippen LogP contribution in [0.25, 0.3) is 0 Å². The normalized spacial score (nSPS) is 19.9. The summed E-state index contributed by atoms with van der Waals surface area (Å²) in [4.78, 5) is 56.7. The van der Waals surface area contributed by atoms with Crippen LogP contribution >= 0.6 is 0 Å². The molecule has 2 atom stereocenters. The summed E-state index contributed by atoms with van der Waals surface area (Å²) in [6.45, 7) is 5.59. The molecular formula is C25H26F4N4O6. The van der Waals surface area contributed by atoms with Crippen LogP contribution in [0.15, 0.2) is 23.0 Å². The Balaban J connectivity index is 1.57. The Kier molecular flexibility index (Phi) is 7.77. The van der Waals surface area contributed by atoms with Crippen LogP contribution in [0.5, 0.6) is 0 Å². The molecular weight excluding hydrogens is 528 g/mol. The van der Waals surface area contributed by atoms with Gasteiger partial charge in [0.2, 0.25) is 5.91 Å². The maximum atomic E-state index is 14.8. The maximum Gasteiger partial charge on any atom is 0.493 e. The molecule has 2 unspecified atom stereocenters. The zero-order valence-corrected chi connectivity index (χ0v) is 21.4. The number of alkyl halides is 3. The monoisotopic (exact) mass is 554 g/mol. The molecule has 1 aromatic carbocycles. The van der Waals surface area contributed by atoms with Crippen LogP contribution in [0.2, 0.25) is 0 Å². The number of halogens is 4. The molecule has 3 heterocycles. The van der Waals surface area contributed by atoms with Crippen molar-refractivity contribution >= 4 is 17.8 Å². The number of amides is 2. The van der Waals surface area contributed by atoms with Gasteiger partial charge in [0.15, 0.2) is 0 Å². The molecule has 1 aromatic heterocycles. The van der Waals surface area contributed by atoms with Gasteiger partial charge < -0.3 is 19.4 Å². The predicted octanol–water partition coefficient (Wildman–Crippen LogP) is 1.57. The standard InChI is InChI=1S/C25H26F4N4O6/c1-13-10-31(11-21(34)32(13)17-6-7-38-12-17)23(36)18-8-16(4-5-19(18)26)9-20-14(2)15(3)22(35)33(30-20)39-24(37)25(27,28)29/h4-5,8,13,17H,6-7,9-12H2,1-3H3. The van der Waals surface area contributed by atoms with Gasteiger partial charge in [-0.15, -0.1) is 5.10 Å². The lowest BCUT2D eigenvalue weighted by Gasteiger charge is -2.42. The van der Waals surface area contributed by atoms with E-state index in [0.29, 0.717) is 30.8 Å². The van der Waals surface area contributed by atoms with Crippen LogP contribution in [0.1, 0.15) is 46.1 Å². The lowest BCUT2D eigenvalue weighted by Crippen LogP contribution is -2.60. The highest BCUT2D eigenvalue weighted by molar-refractivity contribution is 5.97. The Bertz CT molecular complexity index is 1370. The second-order valence-corrected chi connectivity index (χ2v) is 9.60. The van der Waals surface area contributed by atoms with Gasteiger partial charge in [0.05, 0.1) is 23.9 Å². The summed E-state index contributed by atoms with van der Waals surface area (Å²) in [5, 5.41) is 3.75. The topological polar surface area (TPSA) is 111 Å². The van der Waals surface area contributed by atoms with Crippen LogP contribution in [0.3, 0.4) is 0 Å². The van der Waals surface area contributed by atoms with E-state index in [2.05, 4.69) is 9.94 Å². The minimum absolute atomic E-state index is 0.00794. The van der Waals surface area contributed by atoms with E-state index in [4.69, 9.17) is 4.74 Å². The zero-order chi connectivity index (χ0) is 28.6. The molecule has 0 N–H and O–H groups in total. The number of ether oxygens (including phenoxy) is 1. The van der Waals surface area contributed by atoms with Gasteiger partial charge in [0.25, 0.3) is 5.91 Å². The van der Waals surface area contributed by atoms with Crippen LogP contribution in [0.4, 0.5) is 17.6 Å². The average molecular weight is 554 g/mol. The van der Waals surface area contributed by atoms with Gasteiger partial charge in [0.1, 0.15) is 12.4 Å². The Morgan fingerprint density at radius 3 is 2.51 bits per heavy atom. The molecule has 0 bridgehead atoms. The van der Waals surface area contributed by atoms with E-state index in [1.807, 2.05) is 0 Å². The highest BCUT2D eigenvalue weighted by Gasteiger charge is 2.42. The van der Waals surface area contributed by atoms with Crippen LogP contribution < -0.4 is 10.4 Å². The molecule has 0 radical (unpaired) electrons. The lowest BCUT2D eigenvalue weighted by molar-refractivity contribution is -0.202. The summed E-state index contributed by atoms with van der Waals surface area (Å²) in [6.07, 6.45) is -4.76. The van der Waals surface area contributed by atoms with Crippen molar-refractivity contribution in [2.45, 2.75) is 51.9 Å². The smallest absolute Gasteiger partial charge is 0.379 e. The van der Waals surface area contributed by atoms with Gasteiger partial charge in [-0.25, -0.2) is 9.18 Å². The highest BCUT2D eigenvalue weighted by Crippen LogP contribution is 2.23. The molecule has 2 aromatic rings. The van der Waals surface area contributed by atoms with Crippen LogP contribution in [0, 0.1) is 19.7 Å². The summed E-state index contributed by atoms with van der Waals surface area (Å²) >= 11 is 0. The maximum absolute atomic E-state index is 14.8. The Labute approximate surface area is 220 Å². The van der Waals surface area contributed by atoms with E-state index in [-0.39, 0.29) is 59.2 Å². The number of carbonyl (C=O) groups excluding carboxylic acids is 3. The van der Waals surface area contributed by atoms with Crippen LogP contribution in [-0.4, -0.2) is 82.1 Å². The molecule has 2 fully saturated rings. The average Bonchev–Trinajstić information content (AvgIpc) is 3.39. The molecule has 210 valence electrons. The molecule has 2 amide bonds. The van der Waals surface area contributed by atoms with E-state index in [0.717, 1.165) is 6.07 Å². The minimum atomic E-state index is -5.35. The number of benzene rings is 1. The minimum Gasteiger partial charge on any atom is -0.379 e. The molecule has 2 aliphatic heterocycles. The van der Waals surface area contributed by atoms with E-state index in [1.165, 1.54) is 30.9 Å². The van der Waals surface area contributed by atoms with Crippen molar-refractivity contribution in [2.24, 2.45) is 0 Å². The number of nitrogens with zero attached hydrogens (tertiary/aromatic N) is 4. The second-order valence-electron chi connectivity index (χ2n) is 9.60.